The zero-order valence-corrected chi connectivity index (χ0v) is 18.7. The molecule has 7 nitrogen and oxygen atoms in total. The van der Waals surface area contributed by atoms with Gasteiger partial charge in [0.2, 0.25) is 0 Å². The average Bonchev–Trinajstić information content (AvgIpc) is 3.02. The van der Waals surface area contributed by atoms with Crippen LogP contribution >= 0.6 is 17.0 Å². The van der Waals surface area contributed by atoms with Gasteiger partial charge in [-0.15, -0.1) is 17.0 Å². The second-order valence-electron chi connectivity index (χ2n) is 6.85. The van der Waals surface area contributed by atoms with Gasteiger partial charge in [-0.25, -0.2) is 0 Å². The fourth-order valence-electron chi connectivity index (χ4n) is 3.33. The van der Waals surface area contributed by atoms with Crippen LogP contribution < -0.4 is 9.64 Å². The molecule has 0 unspecified atom stereocenters. The Balaban J connectivity index is 0.00000320. The van der Waals surface area contributed by atoms with Gasteiger partial charge in [0, 0.05) is 36.3 Å². The van der Waals surface area contributed by atoms with E-state index in [1.807, 2.05) is 36.1 Å². The number of benzene rings is 2. The Morgan fingerprint density at radius 1 is 1.17 bits per heavy atom. The minimum absolute atomic E-state index is 0. The van der Waals surface area contributed by atoms with Crippen molar-refractivity contribution in [1.82, 2.24) is 0 Å². The van der Waals surface area contributed by atoms with E-state index in [0.717, 1.165) is 49.5 Å². The lowest BCUT2D eigenvalue weighted by Crippen LogP contribution is -2.36. The van der Waals surface area contributed by atoms with Crippen LogP contribution in [-0.4, -0.2) is 36.2 Å². The van der Waals surface area contributed by atoms with Crippen LogP contribution in [0.2, 0.25) is 0 Å². The van der Waals surface area contributed by atoms with Crippen LogP contribution in [0.3, 0.4) is 0 Å². The number of amidine groups is 1. The molecule has 0 saturated heterocycles. The van der Waals surface area contributed by atoms with Gasteiger partial charge >= 0.3 is 0 Å². The van der Waals surface area contributed by atoms with E-state index >= 15 is 0 Å². The fourth-order valence-corrected chi connectivity index (χ4v) is 3.33. The number of rotatable bonds is 7. The summed E-state index contributed by atoms with van der Waals surface area (Å²) in [5, 5.41) is 11.0. The van der Waals surface area contributed by atoms with E-state index < -0.39 is 4.92 Å². The number of carbonyl (C=O) groups excluding carboxylic acids is 1. The molecular formula is C22H26BrN3O4. The number of nitro benzene ring substituents is 1. The summed E-state index contributed by atoms with van der Waals surface area (Å²) in [5.41, 5.74) is 1.09. The summed E-state index contributed by atoms with van der Waals surface area (Å²) in [6.07, 6.45) is 3.98. The van der Waals surface area contributed by atoms with Crippen molar-refractivity contribution in [1.29, 1.82) is 0 Å². The first-order chi connectivity index (χ1) is 14.1. The molecule has 0 aliphatic carbocycles. The molecule has 160 valence electrons. The van der Waals surface area contributed by atoms with E-state index in [1.54, 1.807) is 6.07 Å². The summed E-state index contributed by atoms with van der Waals surface area (Å²) >= 11 is 0. The number of non-ortho nitro benzene ring substituents is 1. The Labute approximate surface area is 186 Å². The molecule has 0 bridgehead atoms. The molecule has 2 aromatic rings. The van der Waals surface area contributed by atoms with Gasteiger partial charge in [-0.3, -0.25) is 19.9 Å². The molecule has 1 aliphatic heterocycles. The van der Waals surface area contributed by atoms with Gasteiger partial charge in [-0.1, -0.05) is 18.6 Å². The first-order valence-corrected chi connectivity index (χ1v) is 9.90. The van der Waals surface area contributed by atoms with Gasteiger partial charge in [0.1, 0.15) is 11.6 Å². The number of ketones is 1. The Morgan fingerprint density at radius 2 is 1.93 bits per heavy atom. The molecular weight excluding hydrogens is 450 g/mol. The molecule has 3 rings (SSSR count). The number of halogens is 1. The van der Waals surface area contributed by atoms with Crippen LogP contribution in [0.15, 0.2) is 53.5 Å². The number of anilines is 1. The van der Waals surface area contributed by atoms with Gasteiger partial charge in [0.15, 0.2) is 5.78 Å². The standard InChI is InChI=1S/C22H25N3O4.BrH/c1-2-29-20-12-10-18(11-13-20)24(22-9-4-3-5-14-23-22)16-21(26)17-7-6-8-19(15-17)25(27)28;/h6-8,10-13,15H,2-5,9,14,16H2,1H3;1H. The van der Waals surface area contributed by atoms with E-state index in [-0.39, 0.29) is 35.0 Å². The lowest BCUT2D eigenvalue weighted by Gasteiger charge is -2.26. The van der Waals surface area contributed by atoms with Gasteiger partial charge in [0.25, 0.3) is 5.69 Å². The molecule has 0 spiro atoms. The number of hydrogen-bond acceptors (Lipinski definition) is 6. The van der Waals surface area contributed by atoms with Gasteiger partial charge < -0.3 is 9.64 Å². The lowest BCUT2D eigenvalue weighted by molar-refractivity contribution is -0.384. The van der Waals surface area contributed by atoms with E-state index in [9.17, 15) is 14.9 Å². The number of hydrogen-bond donors (Lipinski definition) is 0. The zero-order chi connectivity index (χ0) is 20.6. The summed E-state index contributed by atoms with van der Waals surface area (Å²) in [5.74, 6) is 1.46. The van der Waals surface area contributed by atoms with Gasteiger partial charge in [-0.05, 0) is 44.0 Å². The van der Waals surface area contributed by atoms with Crippen LogP contribution in [0.25, 0.3) is 0 Å². The second kappa shape index (κ2) is 11.4. The highest BCUT2D eigenvalue weighted by Gasteiger charge is 2.20. The highest BCUT2D eigenvalue weighted by Crippen LogP contribution is 2.23. The van der Waals surface area contributed by atoms with Gasteiger partial charge in [-0.2, -0.15) is 0 Å². The van der Waals surface area contributed by atoms with E-state index in [4.69, 9.17) is 9.73 Å². The molecule has 0 N–H and O–H groups in total. The molecule has 0 fully saturated rings. The monoisotopic (exact) mass is 475 g/mol. The lowest BCUT2D eigenvalue weighted by atomic mass is 10.1. The number of aliphatic imine (C=N–C) groups is 1. The van der Waals surface area contributed by atoms with Crippen molar-refractivity contribution in [3.05, 3.63) is 64.2 Å². The van der Waals surface area contributed by atoms with Crippen molar-refractivity contribution < 1.29 is 14.5 Å². The molecule has 8 heteroatoms. The quantitative estimate of drug-likeness (QED) is 0.310. The van der Waals surface area contributed by atoms with E-state index in [0.29, 0.717) is 12.2 Å². The first kappa shape index (κ1) is 23.5. The molecule has 0 saturated carbocycles. The third-order valence-corrected chi connectivity index (χ3v) is 4.80. The third kappa shape index (κ3) is 6.13. The zero-order valence-electron chi connectivity index (χ0n) is 17.0. The predicted molar refractivity (Wildman–Crippen MR) is 123 cm³/mol. The highest BCUT2D eigenvalue weighted by molar-refractivity contribution is 8.93. The van der Waals surface area contributed by atoms with Crippen LogP contribution in [0.5, 0.6) is 5.75 Å². The van der Waals surface area contributed by atoms with Crippen LogP contribution in [0.4, 0.5) is 11.4 Å². The van der Waals surface area contributed by atoms with Crippen molar-refractivity contribution in [2.24, 2.45) is 4.99 Å². The summed E-state index contributed by atoms with van der Waals surface area (Å²) in [6.45, 7) is 3.33. The third-order valence-electron chi connectivity index (χ3n) is 4.80. The van der Waals surface area contributed by atoms with Gasteiger partial charge in [0.05, 0.1) is 18.1 Å². The van der Waals surface area contributed by atoms with Crippen molar-refractivity contribution in [2.45, 2.75) is 32.6 Å². The Bertz CT molecular complexity index is 900. The minimum atomic E-state index is -0.490. The summed E-state index contributed by atoms with van der Waals surface area (Å²) < 4.78 is 5.51. The molecule has 30 heavy (non-hydrogen) atoms. The maximum absolute atomic E-state index is 13.0. The molecule has 1 heterocycles. The van der Waals surface area contributed by atoms with Crippen molar-refractivity contribution >= 4 is 40.0 Å². The van der Waals surface area contributed by atoms with E-state index in [1.165, 1.54) is 18.2 Å². The maximum Gasteiger partial charge on any atom is 0.270 e. The predicted octanol–water partition coefficient (Wildman–Crippen LogP) is 5.23. The van der Waals surface area contributed by atoms with Crippen molar-refractivity contribution in [3.8, 4) is 5.75 Å². The number of Topliss-reactive ketones (excluding diaryl/α,β-unsaturated/α-hetero) is 1. The fraction of sp³-hybridized carbons (Fsp3) is 0.364. The SMILES string of the molecule is Br.CCOc1ccc(N(CC(=O)c2cccc([N+](=O)[O-])c2)C2=NCCCCC2)cc1. The molecule has 0 aromatic heterocycles. The van der Waals surface area contributed by atoms with Crippen LogP contribution in [0.1, 0.15) is 43.0 Å². The molecule has 0 radical (unpaired) electrons. The van der Waals surface area contributed by atoms with Crippen molar-refractivity contribution in [2.75, 3.05) is 24.6 Å². The topological polar surface area (TPSA) is 85.0 Å². The smallest absolute Gasteiger partial charge is 0.270 e. The van der Waals surface area contributed by atoms with E-state index in [2.05, 4.69) is 0 Å². The molecule has 1 aliphatic rings. The molecule has 0 atom stereocenters. The van der Waals surface area contributed by atoms with Crippen LogP contribution in [-0.2, 0) is 0 Å². The molecule has 0 amide bonds. The normalized spacial score (nSPS) is 13.4. The number of carbonyl (C=O) groups is 1. The Morgan fingerprint density at radius 3 is 2.63 bits per heavy atom. The number of nitro groups is 1. The Kier molecular flexibility index (Phi) is 8.98. The maximum atomic E-state index is 13.0. The number of ether oxygens (including phenoxy) is 1. The molecule has 2 aromatic carbocycles. The summed E-state index contributed by atoms with van der Waals surface area (Å²) in [7, 11) is 0. The number of nitrogens with zero attached hydrogens (tertiary/aromatic N) is 3. The average molecular weight is 476 g/mol. The first-order valence-electron chi connectivity index (χ1n) is 9.90. The highest BCUT2D eigenvalue weighted by atomic mass is 79.9. The second-order valence-corrected chi connectivity index (χ2v) is 6.85. The Hall–Kier alpha value is -2.74. The minimum Gasteiger partial charge on any atom is -0.494 e. The van der Waals surface area contributed by atoms with Crippen LogP contribution in [0, 0.1) is 10.1 Å². The van der Waals surface area contributed by atoms with Crippen molar-refractivity contribution in [3.63, 3.8) is 0 Å². The largest absolute Gasteiger partial charge is 0.494 e. The summed E-state index contributed by atoms with van der Waals surface area (Å²) in [4.78, 5) is 30.1. The summed E-state index contributed by atoms with van der Waals surface area (Å²) in [6, 6.07) is 13.4.